The Balaban J connectivity index is 2.27. The summed E-state index contributed by atoms with van der Waals surface area (Å²) in [5.74, 6) is -0.0249. The second-order valence-electron chi connectivity index (χ2n) is 3.18. The van der Waals surface area contributed by atoms with Gasteiger partial charge in [-0.25, -0.2) is 0 Å². The quantitative estimate of drug-likeness (QED) is 0.595. The summed E-state index contributed by atoms with van der Waals surface area (Å²) in [6.07, 6.45) is 3.47. The van der Waals surface area contributed by atoms with E-state index in [4.69, 9.17) is 12.2 Å². The standard InChI is InChI=1S/C11H10N2OS2/c1-2-13-10(14)9(16-11(13)15)7-8-5-3-4-6-12-8/h3-7H,2H2,1H3/b9-7+. The van der Waals surface area contributed by atoms with E-state index in [-0.39, 0.29) is 5.91 Å². The van der Waals surface area contributed by atoms with Gasteiger partial charge in [-0.1, -0.05) is 30.0 Å². The first-order valence-electron chi connectivity index (χ1n) is 4.88. The summed E-state index contributed by atoms with van der Waals surface area (Å²) in [5.41, 5.74) is 0.777. The van der Waals surface area contributed by atoms with Crippen LogP contribution in [0.5, 0.6) is 0 Å². The van der Waals surface area contributed by atoms with Crippen LogP contribution >= 0.6 is 24.0 Å². The fourth-order valence-corrected chi connectivity index (χ4v) is 2.74. The van der Waals surface area contributed by atoms with Crippen molar-refractivity contribution in [3.05, 3.63) is 35.0 Å². The monoisotopic (exact) mass is 250 g/mol. The smallest absolute Gasteiger partial charge is 0.266 e. The van der Waals surface area contributed by atoms with E-state index in [9.17, 15) is 4.79 Å². The highest BCUT2D eigenvalue weighted by Gasteiger charge is 2.30. The molecular formula is C11H10N2OS2. The largest absolute Gasteiger partial charge is 0.293 e. The van der Waals surface area contributed by atoms with Crippen molar-refractivity contribution in [2.24, 2.45) is 0 Å². The van der Waals surface area contributed by atoms with Crippen LogP contribution in [0.1, 0.15) is 12.6 Å². The molecule has 2 heterocycles. The van der Waals surface area contributed by atoms with E-state index in [1.54, 1.807) is 17.2 Å². The zero-order chi connectivity index (χ0) is 11.5. The van der Waals surface area contributed by atoms with Gasteiger partial charge in [-0.2, -0.15) is 0 Å². The number of rotatable bonds is 2. The summed E-state index contributed by atoms with van der Waals surface area (Å²) in [7, 11) is 0. The molecule has 1 aliphatic rings. The molecule has 0 atom stereocenters. The Kier molecular flexibility index (Phi) is 3.36. The van der Waals surface area contributed by atoms with E-state index in [1.807, 2.05) is 25.1 Å². The fraction of sp³-hybridized carbons (Fsp3) is 0.182. The molecule has 82 valence electrons. The molecule has 1 aliphatic heterocycles. The molecule has 1 saturated heterocycles. The summed E-state index contributed by atoms with van der Waals surface area (Å²) in [5, 5.41) is 0. The lowest BCUT2D eigenvalue weighted by atomic mass is 10.3. The van der Waals surface area contributed by atoms with Crippen molar-refractivity contribution in [3.63, 3.8) is 0 Å². The van der Waals surface area contributed by atoms with E-state index in [0.717, 1.165) is 5.69 Å². The van der Waals surface area contributed by atoms with Gasteiger partial charge in [-0.05, 0) is 25.1 Å². The molecule has 0 unspecified atom stereocenters. The first-order chi connectivity index (χ1) is 7.72. The lowest BCUT2D eigenvalue weighted by molar-refractivity contribution is -0.121. The molecule has 0 radical (unpaired) electrons. The second kappa shape index (κ2) is 4.76. The average molecular weight is 250 g/mol. The van der Waals surface area contributed by atoms with Gasteiger partial charge in [0.2, 0.25) is 0 Å². The molecule has 1 aromatic rings. The molecule has 0 spiro atoms. The summed E-state index contributed by atoms with van der Waals surface area (Å²) in [4.78, 5) is 18.3. The number of carbonyl (C=O) groups is 1. The van der Waals surface area contributed by atoms with Crippen LogP contribution in [0.25, 0.3) is 6.08 Å². The summed E-state index contributed by atoms with van der Waals surface area (Å²) >= 11 is 6.45. The van der Waals surface area contributed by atoms with Gasteiger partial charge in [0.15, 0.2) is 0 Å². The van der Waals surface area contributed by atoms with Gasteiger partial charge in [-0.3, -0.25) is 14.7 Å². The maximum absolute atomic E-state index is 11.9. The first-order valence-corrected chi connectivity index (χ1v) is 6.11. The van der Waals surface area contributed by atoms with E-state index >= 15 is 0 Å². The van der Waals surface area contributed by atoms with Gasteiger partial charge in [0, 0.05) is 12.7 Å². The van der Waals surface area contributed by atoms with Gasteiger partial charge in [0.05, 0.1) is 10.6 Å². The van der Waals surface area contributed by atoms with Gasteiger partial charge in [0.1, 0.15) is 4.32 Å². The zero-order valence-electron chi connectivity index (χ0n) is 8.71. The fourth-order valence-electron chi connectivity index (χ4n) is 1.37. The van der Waals surface area contributed by atoms with Crippen molar-refractivity contribution in [2.75, 3.05) is 6.54 Å². The zero-order valence-corrected chi connectivity index (χ0v) is 10.3. The predicted octanol–water partition coefficient (Wildman–Crippen LogP) is 2.30. The summed E-state index contributed by atoms with van der Waals surface area (Å²) in [6, 6.07) is 5.59. The van der Waals surface area contributed by atoms with Crippen LogP contribution in [-0.2, 0) is 4.79 Å². The molecule has 0 aliphatic carbocycles. The number of likely N-dealkylation sites (N-methyl/N-ethyl adjacent to an activating group) is 1. The molecule has 0 aromatic carbocycles. The minimum atomic E-state index is -0.0249. The molecular weight excluding hydrogens is 240 g/mol. The predicted molar refractivity (Wildman–Crippen MR) is 69.8 cm³/mol. The number of aromatic nitrogens is 1. The van der Waals surface area contributed by atoms with E-state index in [2.05, 4.69) is 4.98 Å². The molecule has 3 nitrogen and oxygen atoms in total. The second-order valence-corrected chi connectivity index (χ2v) is 4.86. The molecule has 5 heteroatoms. The Hall–Kier alpha value is -1.20. The number of carbonyl (C=O) groups excluding carboxylic acids is 1. The van der Waals surface area contributed by atoms with Crippen LogP contribution < -0.4 is 0 Å². The average Bonchev–Trinajstić information content (AvgIpc) is 2.55. The maximum Gasteiger partial charge on any atom is 0.266 e. The van der Waals surface area contributed by atoms with Gasteiger partial charge in [-0.15, -0.1) is 0 Å². The van der Waals surface area contributed by atoms with E-state index in [0.29, 0.717) is 15.8 Å². The Labute approximate surface area is 104 Å². The summed E-state index contributed by atoms with van der Waals surface area (Å²) < 4.78 is 0.620. The maximum atomic E-state index is 11.9. The highest BCUT2D eigenvalue weighted by atomic mass is 32.2. The van der Waals surface area contributed by atoms with Gasteiger partial charge in [0.25, 0.3) is 5.91 Å². The Morgan fingerprint density at radius 2 is 2.38 bits per heavy atom. The molecule has 0 saturated carbocycles. The van der Waals surface area contributed by atoms with Crippen molar-refractivity contribution in [3.8, 4) is 0 Å². The van der Waals surface area contributed by atoms with Crippen LogP contribution in [0.3, 0.4) is 0 Å². The van der Waals surface area contributed by atoms with Crippen LogP contribution in [0, 0.1) is 0 Å². The number of amides is 1. The molecule has 1 amide bonds. The van der Waals surface area contributed by atoms with Crippen LogP contribution in [0.2, 0.25) is 0 Å². The van der Waals surface area contributed by atoms with E-state index < -0.39 is 0 Å². The third-order valence-corrected chi connectivity index (χ3v) is 3.53. The number of thioether (sulfide) groups is 1. The highest BCUT2D eigenvalue weighted by molar-refractivity contribution is 8.26. The van der Waals surface area contributed by atoms with Gasteiger partial charge < -0.3 is 0 Å². The van der Waals surface area contributed by atoms with Crippen molar-refractivity contribution in [2.45, 2.75) is 6.92 Å². The highest BCUT2D eigenvalue weighted by Crippen LogP contribution is 2.31. The third-order valence-electron chi connectivity index (χ3n) is 2.16. The molecule has 16 heavy (non-hydrogen) atoms. The Bertz CT molecular complexity index is 456. The van der Waals surface area contributed by atoms with Crippen molar-refractivity contribution in [1.82, 2.24) is 9.88 Å². The minimum Gasteiger partial charge on any atom is -0.293 e. The van der Waals surface area contributed by atoms with Crippen molar-refractivity contribution in [1.29, 1.82) is 0 Å². The Morgan fingerprint density at radius 1 is 1.56 bits per heavy atom. The van der Waals surface area contributed by atoms with E-state index in [1.165, 1.54) is 11.8 Å². The van der Waals surface area contributed by atoms with Crippen LogP contribution in [-0.4, -0.2) is 26.7 Å². The lowest BCUT2D eigenvalue weighted by Gasteiger charge is -2.09. The number of pyridine rings is 1. The summed E-state index contributed by atoms with van der Waals surface area (Å²) in [6.45, 7) is 2.53. The molecule has 1 fully saturated rings. The minimum absolute atomic E-state index is 0.0249. The number of thiocarbonyl (C=S) groups is 1. The van der Waals surface area contributed by atoms with Crippen LogP contribution in [0.4, 0.5) is 0 Å². The van der Waals surface area contributed by atoms with Crippen molar-refractivity contribution >= 4 is 40.3 Å². The number of nitrogens with zero attached hydrogens (tertiary/aromatic N) is 2. The number of hydrogen-bond donors (Lipinski definition) is 0. The third kappa shape index (κ3) is 2.15. The van der Waals surface area contributed by atoms with Crippen LogP contribution in [0.15, 0.2) is 29.3 Å². The van der Waals surface area contributed by atoms with Crippen molar-refractivity contribution < 1.29 is 4.79 Å². The lowest BCUT2D eigenvalue weighted by Crippen LogP contribution is -2.27. The topological polar surface area (TPSA) is 33.2 Å². The molecule has 2 rings (SSSR count). The molecule has 1 aromatic heterocycles. The first kappa shape index (κ1) is 11.3. The Morgan fingerprint density at radius 3 is 2.94 bits per heavy atom. The normalized spacial score (nSPS) is 18.6. The molecule has 0 bridgehead atoms. The SMILES string of the molecule is CCN1C(=O)/C(=C\c2ccccn2)SC1=S. The van der Waals surface area contributed by atoms with Gasteiger partial charge >= 0.3 is 0 Å². The number of hydrogen-bond acceptors (Lipinski definition) is 4. The molecule has 0 N–H and O–H groups in total.